The number of hydrogen-bond donors (Lipinski definition) is 1. The van der Waals surface area contributed by atoms with Crippen molar-refractivity contribution in [2.45, 2.75) is 31.2 Å². The molecule has 1 aromatic carbocycles. The van der Waals surface area contributed by atoms with Crippen LogP contribution < -0.4 is 5.32 Å². The molecule has 0 amide bonds. The Morgan fingerprint density at radius 1 is 1.35 bits per heavy atom. The zero-order valence-electron chi connectivity index (χ0n) is 11.9. The Hall–Kier alpha value is -0.910. The van der Waals surface area contributed by atoms with E-state index in [9.17, 15) is 4.39 Å². The number of hydrogen-bond acceptors (Lipinski definition) is 4. The first-order valence-electron chi connectivity index (χ1n) is 6.57. The summed E-state index contributed by atoms with van der Waals surface area (Å²) in [4.78, 5) is 6.55. The van der Waals surface area contributed by atoms with Crippen LogP contribution in [0.15, 0.2) is 29.2 Å². The van der Waals surface area contributed by atoms with Crippen molar-refractivity contribution in [3.8, 4) is 0 Å². The van der Waals surface area contributed by atoms with Crippen LogP contribution in [-0.4, -0.2) is 23.8 Å². The average molecular weight is 310 g/mol. The summed E-state index contributed by atoms with van der Waals surface area (Å²) >= 11 is 3.30. The van der Waals surface area contributed by atoms with Gasteiger partial charge in [-0.1, -0.05) is 12.1 Å². The van der Waals surface area contributed by atoms with Gasteiger partial charge in [0, 0.05) is 28.0 Å². The number of benzene rings is 1. The molecular weight excluding hydrogens is 291 g/mol. The van der Waals surface area contributed by atoms with E-state index in [2.05, 4.69) is 17.2 Å². The van der Waals surface area contributed by atoms with Crippen molar-refractivity contribution in [1.29, 1.82) is 0 Å². The van der Waals surface area contributed by atoms with Crippen LogP contribution in [-0.2, 0) is 6.42 Å². The van der Waals surface area contributed by atoms with Crippen LogP contribution in [0.2, 0.25) is 0 Å². The number of thioether (sulfide) groups is 1. The van der Waals surface area contributed by atoms with Gasteiger partial charge in [0.1, 0.15) is 5.82 Å². The SMILES string of the molecule is CNC(CSc1ccccc1F)Cc1nc(C)c(C)s1. The van der Waals surface area contributed by atoms with E-state index >= 15 is 0 Å². The lowest BCUT2D eigenvalue weighted by molar-refractivity contribution is 0.597. The highest BCUT2D eigenvalue weighted by molar-refractivity contribution is 7.99. The van der Waals surface area contributed by atoms with Gasteiger partial charge < -0.3 is 5.32 Å². The van der Waals surface area contributed by atoms with Crippen molar-refractivity contribution < 1.29 is 4.39 Å². The predicted octanol–water partition coefficient (Wildman–Crippen LogP) is 3.82. The van der Waals surface area contributed by atoms with Gasteiger partial charge in [0.2, 0.25) is 0 Å². The fourth-order valence-electron chi connectivity index (χ4n) is 1.83. The molecule has 0 bridgehead atoms. The Morgan fingerprint density at radius 2 is 2.10 bits per heavy atom. The molecular formula is C15H19FN2S2. The number of nitrogens with zero attached hydrogens (tertiary/aromatic N) is 1. The highest BCUT2D eigenvalue weighted by Gasteiger charge is 2.13. The number of halogens is 1. The molecule has 1 heterocycles. The van der Waals surface area contributed by atoms with E-state index in [1.807, 2.05) is 26.1 Å². The van der Waals surface area contributed by atoms with E-state index in [0.717, 1.165) is 22.9 Å². The zero-order valence-corrected chi connectivity index (χ0v) is 13.6. The van der Waals surface area contributed by atoms with Crippen molar-refractivity contribution in [3.63, 3.8) is 0 Å². The van der Waals surface area contributed by atoms with Gasteiger partial charge in [-0.05, 0) is 33.0 Å². The molecule has 2 nitrogen and oxygen atoms in total. The lowest BCUT2D eigenvalue weighted by Gasteiger charge is -2.14. The summed E-state index contributed by atoms with van der Waals surface area (Å²) in [7, 11) is 1.94. The molecule has 2 rings (SSSR count). The first-order chi connectivity index (χ1) is 9.60. The molecule has 1 unspecified atom stereocenters. The van der Waals surface area contributed by atoms with E-state index in [1.165, 1.54) is 10.9 Å². The van der Waals surface area contributed by atoms with Gasteiger partial charge in [0.05, 0.1) is 10.7 Å². The minimum absolute atomic E-state index is 0.145. The first-order valence-corrected chi connectivity index (χ1v) is 8.38. The van der Waals surface area contributed by atoms with Gasteiger partial charge >= 0.3 is 0 Å². The molecule has 0 saturated carbocycles. The molecule has 0 radical (unpaired) electrons. The van der Waals surface area contributed by atoms with Gasteiger partial charge in [-0.3, -0.25) is 0 Å². The summed E-state index contributed by atoms with van der Waals surface area (Å²) in [6.45, 7) is 4.14. The summed E-state index contributed by atoms with van der Waals surface area (Å²) in [5.41, 5.74) is 1.11. The van der Waals surface area contributed by atoms with E-state index in [1.54, 1.807) is 29.2 Å². The third kappa shape index (κ3) is 4.04. The van der Waals surface area contributed by atoms with Gasteiger partial charge in [-0.2, -0.15) is 0 Å². The van der Waals surface area contributed by atoms with E-state index in [-0.39, 0.29) is 5.82 Å². The Bertz CT molecular complexity index is 549. The number of aryl methyl sites for hydroxylation is 2. The number of aromatic nitrogens is 1. The van der Waals surface area contributed by atoms with Crippen molar-refractivity contribution in [3.05, 3.63) is 45.7 Å². The fourth-order valence-corrected chi connectivity index (χ4v) is 3.89. The molecule has 1 aromatic heterocycles. The van der Waals surface area contributed by atoms with E-state index in [0.29, 0.717) is 10.9 Å². The molecule has 0 fully saturated rings. The molecule has 20 heavy (non-hydrogen) atoms. The van der Waals surface area contributed by atoms with Crippen molar-refractivity contribution in [2.24, 2.45) is 0 Å². The maximum absolute atomic E-state index is 13.6. The molecule has 0 aliphatic rings. The second kappa shape index (κ2) is 7.20. The first kappa shape index (κ1) is 15.5. The van der Waals surface area contributed by atoms with Crippen LogP contribution >= 0.6 is 23.1 Å². The molecule has 0 aliphatic heterocycles. The highest BCUT2D eigenvalue weighted by Crippen LogP contribution is 2.24. The Balaban J connectivity index is 1.94. The normalized spacial score (nSPS) is 12.6. The molecule has 108 valence electrons. The lowest BCUT2D eigenvalue weighted by Crippen LogP contribution is -2.30. The minimum atomic E-state index is -0.145. The molecule has 5 heteroatoms. The Morgan fingerprint density at radius 3 is 2.70 bits per heavy atom. The smallest absolute Gasteiger partial charge is 0.136 e. The van der Waals surface area contributed by atoms with Crippen molar-refractivity contribution in [1.82, 2.24) is 10.3 Å². The summed E-state index contributed by atoms with van der Waals surface area (Å²) in [5.74, 6) is 0.683. The Kier molecular flexibility index (Phi) is 5.57. The maximum atomic E-state index is 13.6. The van der Waals surface area contributed by atoms with E-state index < -0.39 is 0 Å². The third-order valence-corrected chi connectivity index (χ3v) is 5.49. The van der Waals surface area contributed by atoms with Crippen LogP contribution in [0.3, 0.4) is 0 Å². The summed E-state index contributed by atoms with van der Waals surface area (Å²) in [6.07, 6.45) is 0.886. The monoisotopic (exact) mass is 310 g/mol. The molecule has 0 spiro atoms. The lowest BCUT2D eigenvalue weighted by atomic mass is 10.2. The van der Waals surface area contributed by atoms with Crippen molar-refractivity contribution >= 4 is 23.1 Å². The van der Waals surface area contributed by atoms with Gasteiger partial charge in [-0.15, -0.1) is 23.1 Å². The summed E-state index contributed by atoms with van der Waals surface area (Å²) in [5, 5.41) is 4.44. The third-order valence-electron chi connectivity index (χ3n) is 3.18. The average Bonchev–Trinajstić information content (AvgIpc) is 2.75. The number of nitrogens with one attached hydrogen (secondary N) is 1. The molecule has 0 aliphatic carbocycles. The summed E-state index contributed by atoms with van der Waals surface area (Å²) in [6, 6.07) is 7.21. The topological polar surface area (TPSA) is 24.9 Å². The standard InChI is InChI=1S/C15H19FN2S2/c1-10-11(2)20-15(18-10)8-12(17-3)9-19-14-7-5-4-6-13(14)16/h4-7,12,17H,8-9H2,1-3H3. The number of thiazole rings is 1. The van der Waals surface area contributed by atoms with Gasteiger partial charge in [-0.25, -0.2) is 9.37 Å². The van der Waals surface area contributed by atoms with Crippen molar-refractivity contribution in [2.75, 3.05) is 12.8 Å². The minimum Gasteiger partial charge on any atom is -0.316 e. The van der Waals surface area contributed by atoms with Gasteiger partial charge in [0.25, 0.3) is 0 Å². The molecule has 1 atom stereocenters. The maximum Gasteiger partial charge on any atom is 0.136 e. The van der Waals surface area contributed by atoms with Crippen LogP contribution in [0, 0.1) is 19.7 Å². The van der Waals surface area contributed by atoms with Crippen LogP contribution in [0.1, 0.15) is 15.6 Å². The fraction of sp³-hybridized carbons (Fsp3) is 0.400. The molecule has 2 aromatic rings. The zero-order chi connectivity index (χ0) is 14.5. The van der Waals surface area contributed by atoms with Crippen LogP contribution in [0.5, 0.6) is 0 Å². The van der Waals surface area contributed by atoms with Crippen LogP contribution in [0.4, 0.5) is 4.39 Å². The Labute approximate surface area is 127 Å². The quantitative estimate of drug-likeness (QED) is 0.821. The van der Waals surface area contributed by atoms with Gasteiger partial charge in [0.15, 0.2) is 0 Å². The summed E-state index contributed by atoms with van der Waals surface area (Å²) < 4.78 is 13.6. The number of rotatable bonds is 6. The molecule has 1 N–H and O–H groups in total. The molecule has 0 saturated heterocycles. The largest absolute Gasteiger partial charge is 0.316 e. The van der Waals surface area contributed by atoms with Crippen LogP contribution in [0.25, 0.3) is 0 Å². The van der Waals surface area contributed by atoms with E-state index in [4.69, 9.17) is 0 Å². The second-order valence-electron chi connectivity index (χ2n) is 4.68. The number of likely N-dealkylation sites (N-methyl/N-ethyl adjacent to an activating group) is 1. The predicted molar refractivity (Wildman–Crippen MR) is 85.3 cm³/mol. The highest BCUT2D eigenvalue weighted by atomic mass is 32.2. The second-order valence-corrected chi connectivity index (χ2v) is 7.03.